The molecule has 1 fully saturated rings. The Balaban J connectivity index is 1.78. The minimum absolute atomic E-state index is 0.136. The number of pyridine rings is 1. The fourth-order valence-electron chi connectivity index (χ4n) is 2.49. The van der Waals surface area contributed by atoms with Gasteiger partial charge in [0.25, 0.3) is 5.91 Å². The first kappa shape index (κ1) is 13.8. The third kappa shape index (κ3) is 3.30. The van der Waals surface area contributed by atoms with Gasteiger partial charge < -0.3 is 4.90 Å². The van der Waals surface area contributed by atoms with Gasteiger partial charge in [-0.3, -0.25) is 9.78 Å². The van der Waals surface area contributed by atoms with E-state index in [2.05, 4.69) is 11.9 Å². The highest BCUT2D eigenvalue weighted by Crippen LogP contribution is 2.29. The molecule has 1 saturated carbocycles. The Morgan fingerprint density at radius 3 is 2.33 bits per heavy atom. The molecule has 0 radical (unpaired) electrons. The predicted octanol–water partition coefficient (Wildman–Crippen LogP) is 3.45. The van der Waals surface area contributed by atoms with Gasteiger partial charge in [-0.25, -0.2) is 0 Å². The van der Waals surface area contributed by atoms with Crippen molar-refractivity contribution in [3.05, 3.63) is 65.5 Å². The number of aromatic nitrogens is 1. The average Bonchev–Trinajstić information content (AvgIpc) is 3.38. The van der Waals surface area contributed by atoms with Crippen molar-refractivity contribution < 1.29 is 4.79 Å². The van der Waals surface area contributed by atoms with E-state index in [4.69, 9.17) is 0 Å². The van der Waals surface area contributed by atoms with Gasteiger partial charge in [0.15, 0.2) is 0 Å². The minimum Gasteiger partial charge on any atom is -0.331 e. The standard InChI is InChI=1S/C18H20N2O/c1-2-14-3-5-16(6-4-14)18(21)20(17-7-8-17)13-15-9-11-19-12-10-15/h3-6,9-12,17H,2,7-8,13H2,1H3. The average molecular weight is 280 g/mol. The summed E-state index contributed by atoms with van der Waals surface area (Å²) in [6, 6.07) is 12.3. The van der Waals surface area contributed by atoms with Gasteiger partial charge in [-0.15, -0.1) is 0 Å². The molecule has 0 aliphatic heterocycles. The van der Waals surface area contributed by atoms with Crippen LogP contribution in [-0.4, -0.2) is 21.8 Å². The van der Waals surface area contributed by atoms with E-state index in [1.807, 2.05) is 41.3 Å². The highest BCUT2D eigenvalue weighted by molar-refractivity contribution is 5.94. The summed E-state index contributed by atoms with van der Waals surface area (Å²) in [5.41, 5.74) is 3.18. The number of benzene rings is 1. The molecular formula is C18H20N2O. The summed E-state index contributed by atoms with van der Waals surface area (Å²) in [6.07, 6.45) is 6.79. The molecule has 0 saturated heterocycles. The quantitative estimate of drug-likeness (QED) is 0.840. The highest BCUT2D eigenvalue weighted by Gasteiger charge is 2.32. The molecule has 3 nitrogen and oxygen atoms in total. The summed E-state index contributed by atoms with van der Waals surface area (Å²) < 4.78 is 0. The van der Waals surface area contributed by atoms with E-state index in [0.717, 1.165) is 30.4 Å². The maximum Gasteiger partial charge on any atom is 0.254 e. The van der Waals surface area contributed by atoms with E-state index in [1.54, 1.807) is 12.4 Å². The van der Waals surface area contributed by atoms with Crippen molar-refractivity contribution >= 4 is 5.91 Å². The van der Waals surface area contributed by atoms with Crippen molar-refractivity contribution in [3.63, 3.8) is 0 Å². The van der Waals surface area contributed by atoms with Crippen LogP contribution in [0.2, 0.25) is 0 Å². The van der Waals surface area contributed by atoms with Crippen molar-refractivity contribution in [2.75, 3.05) is 0 Å². The molecule has 3 heteroatoms. The number of aryl methyl sites for hydroxylation is 1. The lowest BCUT2D eigenvalue weighted by atomic mass is 10.1. The normalized spacial score (nSPS) is 14.0. The van der Waals surface area contributed by atoms with E-state index in [-0.39, 0.29) is 5.91 Å². The van der Waals surface area contributed by atoms with Crippen LogP contribution >= 0.6 is 0 Å². The molecule has 2 aromatic rings. The lowest BCUT2D eigenvalue weighted by molar-refractivity contribution is 0.0730. The number of carbonyl (C=O) groups is 1. The van der Waals surface area contributed by atoms with Crippen molar-refractivity contribution in [2.45, 2.75) is 38.8 Å². The zero-order valence-corrected chi connectivity index (χ0v) is 12.3. The van der Waals surface area contributed by atoms with Crippen molar-refractivity contribution in [1.29, 1.82) is 0 Å². The molecule has 1 heterocycles. The number of amides is 1. The third-order valence-corrected chi connectivity index (χ3v) is 3.96. The Bertz CT molecular complexity index is 603. The second kappa shape index (κ2) is 6.08. The number of rotatable bonds is 5. The molecule has 0 N–H and O–H groups in total. The topological polar surface area (TPSA) is 33.2 Å². The fourth-order valence-corrected chi connectivity index (χ4v) is 2.49. The molecule has 1 amide bonds. The molecule has 3 rings (SSSR count). The molecule has 1 aromatic heterocycles. The third-order valence-electron chi connectivity index (χ3n) is 3.96. The summed E-state index contributed by atoms with van der Waals surface area (Å²) in [5, 5.41) is 0. The summed E-state index contributed by atoms with van der Waals surface area (Å²) >= 11 is 0. The molecule has 0 atom stereocenters. The summed E-state index contributed by atoms with van der Waals surface area (Å²) in [6.45, 7) is 2.79. The van der Waals surface area contributed by atoms with E-state index in [9.17, 15) is 4.79 Å². The first-order valence-corrected chi connectivity index (χ1v) is 7.56. The molecule has 0 unspecified atom stereocenters. The smallest absolute Gasteiger partial charge is 0.254 e. The fraction of sp³-hybridized carbons (Fsp3) is 0.333. The molecule has 0 spiro atoms. The van der Waals surface area contributed by atoms with Gasteiger partial charge in [0.2, 0.25) is 0 Å². The summed E-state index contributed by atoms with van der Waals surface area (Å²) in [7, 11) is 0. The largest absolute Gasteiger partial charge is 0.331 e. The molecule has 21 heavy (non-hydrogen) atoms. The van der Waals surface area contributed by atoms with Crippen molar-refractivity contribution in [1.82, 2.24) is 9.88 Å². The van der Waals surface area contributed by atoms with Crippen LogP contribution in [0.25, 0.3) is 0 Å². The maximum absolute atomic E-state index is 12.7. The van der Waals surface area contributed by atoms with Crippen LogP contribution in [0.4, 0.5) is 0 Å². The maximum atomic E-state index is 12.7. The highest BCUT2D eigenvalue weighted by atomic mass is 16.2. The molecule has 108 valence electrons. The predicted molar refractivity (Wildman–Crippen MR) is 83.0 cm³/mol. The number of nitrogens with zero attached hydrogens (tertiary/aromatic N) is 2. The lowest BCUT2D eigenvalue weighted by Crippen LogP contribution is -2.32. The van der Waals surface area contributed by atoms with E-state index >= 15 is 0 Å². The van der Waals surface area contributed by atoms with Crippen LogP contribution in [0.1, 0.15) is 41.3 Å². The second-order valence-electron chi connectivity index (χ2n) is 5.57. The Labute approximate surface area is 125 Å². The Kier molecular flexibility index (Phi) is 4.00. The van der Waals surface area contributed by atoms with Gasteiger partial charge in [0.05, 0.1) is 0 Å². The first-order valence-electron chi connectivity index (χ1n) is 7.56. The van der Waals surface area contributed by atoms with Crippen LogP contribution in [0.3, 0.4) is 0 Å². The molecule has 1 aliphatic carbocycles. The van der Waals surface area contributed by atoms with Gasteiger partial charge in [-0.1, -0.05) is 19.1 Å². The van der Waals surface area contributed by atoms with Crippen molar-refractivity contribution in [3.8, 4) is 0 Å². The van der Waals surface area contributed by atoms with Crippen LogP contribution < -0.4 is 0 Å². The van der Waals surface area contributed by atoms with Gasteiger partial charge in [0.1, 0.15) is 0 Å². The lowest BCUT2D eigenvalue weighted by Gasteiger charge is -2.22. The molecule has 0 bridgehead atoms. The Morgan fingerprint density at radius 1 is 1.10 bits per heavy atom. The summed E-state index contributed by atoms with van der Waals surface area (Å²) in [5.74, 6) is 0.136. The van der Waals surface area contributed by atoms with Gasteiger partial charge in [-0.2, -0.15) is 0 Å². The van der Waals surface area contributed by atoms with Crippen LogP contribution in [-0.2, 0) is 13.0 Å². The SMILES string of the molecule is CCc1ccc(C(=O)N(Cc2ccncc2)C2CC2)cc1. The Hall–Kier alpha value is -2.16. The zero-order chi connectivity index (χ0) is 14.7. The minimum atomic E-state index is 0.136. The van der Waals surface area contributed by atoms with Crippen LogP contribution in [0, 0.1) is 0 Å². The summed E-state index contributed by atoms with van der Waals surface area (Å²) in [4.78, 5) is 18.8. The van der Waals surface area contributed by atoms with Crippen LogP contribution in [0.5, 0.6) is 0 Å². The van der Waals surface area contributed by atoms with Gasteiger partial charge in [0, 0.05) is 30.5 Å². The number of hydrogen-bond acceptors (Lipinski definition) is 2. The van der Waals surface area contributed by atoms with Crippen LogP contribution in [0.15, 0.2) is 48.8 Å². The second-order valence-corrected chi connectivity index (χ2v) is 5.57. The monoisotopic (exact) mass is 280 g/mol. The molecular weight excluding hydrogens is 260 g/mol. The first-order chi connectivity index (χ1) is 10.3. The van der Waals surface area contributed by atoms with Crippen molar-refractivity contribution in [2.24, 2.45) is 0 Å². The Morgan fingerprint density at radius 2 is 1.76 bits per heavy atom. The van der Waals surface area contributed by atoms with E-state index in [1.165, 1.54) is 5.56 Å². The van der Waals surface area contributed by atoms with Gasteiger partial charge in [-0.05, 0) is 54.7 Å². The van der Waals surface area contributed by atoms with E-state index < -0.39 is 0 Å². The number of hydrogen-bond donors (Lipinski definition) is 0. The molecule has 1 aromatic carbocycles. The van der Waals surface area contributed by atoms with Gasteiger partial charge >= 0.3 is 0 Å². The zero-order valence-electron chi connectivity index (χ0n) is 12.3. The van der Waals surface area contributed by atoms with E-state index in [0.29, 0.717) is 12.6 Å². The molecule has 1 aliphatic rings. The number of carbonyl (C=O) groups excluding carboxylic acids is 1.